The van der Waals surface area contributed by atoms with Crippen LogP contribution in [0.2, 0.25) is 0 Å². The summed E-state index contributed by atoms with van der Waals surface area (Å²) in [5.41, 5.74) is 1.01. The van der Waals surface area contributed by atoms with E-state index < -0.39 is 28.7 Å². The van der Waals surface area contributed by atoms with Crippen LogP contribution in [0.5, 0.6) is 5.75 Å². The summed E-state index contributed by atoms with van der Waals surface area (Å²) in [6.07, 6.45) is 1.60. The van der Waals surface area contributed by atoms with E-state index in [2.05, 4.69) is 9.97 Å². The third kappa shape index (κ3) is 2.27. The number of aliphatic carboxylic acids is 1. The number of benzene rings is 1. The maximum Gasteiger partial charge on any atom is 0.269 e. The number of carboxylic acids is 1. The lowest BCUT2D eigenvalue weighted by Gasteiger charge is -2.29. The van der Waals surface area contributed by atoms with Gasteiger partial charge in [0.15, 0.2) is 6.04 Å². The van der Waals surface area contributed by atoms with Crippen LogP contribution in [0.3, 0.4) is 0 Å². The molecule has 1 aromatic heterocycles. The Kier molecular flexibility index (Phi) is 3.26. The van der Waals surface area contributed by atoms with Crippen molar-refractivity contribution < 1.29 is 25.2 Å². The van der Waals surface area contributed by atoms with Gasteiger partial charge in [-0.15, -0.1) is 0 Å². The Hall–Kier alpha value is -2.94. The molecule has 1 aromatic carbocycles. The quantitative estimate of drug-likeness (QED) is 0.481. The molecule has 2 aromatic rings. The Morgan fingerprint density at radius 1 is 1.45 bits per heavy atom. The van der Waals surface area contributed by atoms with Crippen LogP contribution in [0, 0.1) is 10.1 Å². The molecule has 0 fully saturated rings. The van der Waals surface area contributed by atoms with Gasteiger partial charge in [-0.05, 0) is 0 Å². The summed E-state index contributed by atoms with van der Waals surface area (Å²) in [6.45, 7) is 0. The zero-order valence-electron chi connectivity index (χ0n) is 11.2. The molecule has 0 saturated heterocycles. The molecule has 0 unspecified atom stereocenters. The van der Waals surface area contributed by atoms with Crippen molar-refractivity contribution in [2.75, 3.05) is 0 Å². The summed E-state index contributed by atoms with van der Waals surface area (Å²) >= 11 is 0. The molecule has 2 atom stereocenters. The number of aromatic nitrogens is 2. The smallest absolute Gasteiger partial charge is 0.269 e. The summed E-state index contributed by atoms with van der Waals surface area (Å²) in [5.74, 6) is -1.66. The van der Waals surface area contributed by atoms with Crippen molar-refractivity contribution in [3.8, 4) is 5.75 Å². The first-order chi connectivity index (χ1) is 10.5. The number of nitrogens with one attached hydrogen (secondary N) is 1. The molecule has 9 heteroatoms. The minimum Gasteiger partial charge on any atom is -0.872 e. The summed E-state index contributed by atoms with van der Waals surface area (Å²) in [6, 6.07) is 1.79. The molecule has 2 heterocycles. The van der Waals surface area contributed by atoms with Gasteiger partial charge in [0.1, 0.15) is 11.7 Å². The van der Waals surface area contributed by atoms with Crippen LogP contribution >= 0.6 is 0 Å². The topological polar surface area (TPSA) is 152 Å². The minimum absolute atomic E-state index is 0.133. The van der Waals surface area contributed by atoms with Gasteiger partial charge in [-0.3, -0.25) is 10.1 Å². The Morgan fingerprint density at radius 3 is 2.91 bits per heavy atom. The number of non-ortho nitro benzene ring substituents is 1. The number of fused-ring (bicyclic) bond motifs is 1. The predicted molar refractivity (Wildman–Crippen MR) is 67.4 cm³/mol. The van der Waals surface area contributed by atoms with Crippen LogP contribution in [0.25, 0.3) is 0 Å². The van der Waals surface area contributed by atoms with Crippen LogP contribution in [0.15, 0.2) is 24.5 Å². The highest BCUT2D eigenvalue weighted by atomic mass is 16.6. The van der Waals surface area contributed by atoms with Gasteiger partial charge in [0, 0.05) is 24.1 Å². The number of quaternary nitrogens is 1. The zero-order valence-corrected chi connectivity index (χ0v) is 11.2. The maximum atomic E-state index is 12.1. The van der Waals surface area contributed by atoms with Gasteiger partial charge < -0.3 is 25.3 Å². The maximum absolute atomic E-state index is 12.1. The summed E-state index contributed by atoms with van der Waals surface area (Å²) < 4.78 is 0. The van der Waals surface area contributed by atoms with Crippen molar-refractivity contribution >= 4 is 11.7 Å². The molecule has 1 aliphatic rings. The monoisotopic (exact) mass is 303 g/mol. The fourth-order valence-electron chi connectivity index (χ4n) is 2.68. The van der Waals surface area contributed by atoms with Crippen LogP contribution < -0.4 is 15.5 Å². The summed E-state index contributed by atoms with van der Waals surface area (Å²) in [5, 5.41) is 35.5. The van der Waals surface area contributed by atoms with E-state index in [1.165, 1.54) is 17.7 Å². The number of carbonyl (C=O) groups is 1. The molecule has 3 rings (SSSR count). The second kappa shape index (κ2) is 5.11. The number of aromatic amines is 1. The SMILES string of the molecule is O=C([O-])[C@@H]1Cc2[nH]cnc2[C@H](c2cc([N+](=O)[O-])ccc2[O-])[NH2+]1. The van der Waals surface area contributed by atoms with E-state index in [1.54, 1.807) is 0 Å². The van der Waals surface area contributed by atoms with Gasteiger partial charge in [0.2, 0.25) is 0 Å². The number of H-pyrrole nitrogens is 1. The average Bonchev–Trinajstić information content (AvgIpc) is 2.94. The van der Waals surface area contributed by atoms with Crippen molar-refractivity contribution in [2.24, 2.45) is 0 Å². The molecule has 114 valence electrons. The van der Waals surface area contributed by atoms with E-state index >= 15 is 0 Å². The molecule has 22 heavy (non-hydrogen) atoms. The number of imidazole rings is 1. The second-order valence-electron chi connectivity index (χ2n) is 5.05. The minimum atomic E-state index is -1.26. The molecule has 0 bridgehead atoms. The molecule has 1 aliphatic heterocycles. The third-order valence-corrected chi connectivity index (χ3v) is 3.74. The van der Waals surface area contributed by atoms with Crippen molar-refractivity contribution in [1.82, 2.24) is 9.97 Å². The normalized spacial score (nSPS) is 20.4. The van der Waals surface area contributed by atoms with E-state index in [9.17, 15) is 25.1 Å². The van der Waals surface area contributed by atoms with Gasteiger partial charge in [-0.2, -0.15) is 0 Å². The molecule has 9 nitrogen and oxygen atoms in total. The van der Waals surface area contributed by atoms with E-state index in [0.29, 0.717) is 11.4 Å². The Labute approximate surface area is 123 Å². The highest BCUT2D eigenvalue weighted by molar-refractivity contribution is 5.70. The number of carbonyl (C=O) groups excluding carboxylic acids is 1. The standard InChI is InChI=1S/C13H12N4O5/c18-10-2-1-6(17(21)22)3-7(10)11-12-8(14-5-15-12)4-9(16-11)13(19)20/h1-3,5,9,11,16,18H,4H2,(H,14,15)(H,19,20)/p-1/t9-,11-/m0/s1. The molecule has 0 radical (unpaired) electrons. The van der Waals surface area contributed by atoms with Crippen LogP contribution in [-0.4, -0.2) is 26.9 Å². The van der Waals surface area contributed by atoms with Crippen LogP contribution in [0.4, 0.5) is 5.69 Å². The highest BCUT2D eigenvalue weighted by Gasteiger charge is 2.35. The Balaban J connectivity index is 2.09. The molecule has 0 amide bonds. The lowest BCUT2D eigenvalue weighted by Crippen LogP contribution is -2.95. The van der Waals surface area contributed by atoms with Crippen molar-refractivity contribution in [1.29, 1.82) is 0 Å². The first-order valence-electron chi connectivity index (χ1n) is 6.50. The predicted octanol–water partition coefficient (Wildman–Crippen LogP) is -2.28. The highest BCUT2D eigenvalue weighted by Crippen LogP contribution is 2.30. The molecular formula is C13H11N4O5-. The van der Waals surface area contributed by atoms with E-state index in [-0.39, 0.29) is 17.7 Å². The number of hydrogen-bond acceptors (Lipinski definition) is 6. The van der Waals surface area contributed by atoms with E-state index in [1.807, 2.05) is 0 Å². The Morgan fingerprint density at radius 2 is 2.23 bits per heavy atom. The zero-order chi connectivity index (χ0) is 15.9. The van der Waals surface area contributed by atoms with Gasteiger partial charge in [-0.25, -0.2) is 4.98 Å². The Bertz CT molecular complexity index is 757. The number of nitrogens with zero attached hydrogens (tertiary/aromatic N) is 2. The van der Waals surface area contributed by atoms with E-state index in [0.717, 1.165) is 12.1 Å². The van der Waals surface area contributed by atoms with Crippen molar-refractivity contribution in [2.45, 2.75) is 18.5 Å². The van der Waals surface area contributed by atoms with Crippen LogP contribution in [0.1, 0.15) is 23.0 Å². The lowest BCUT2D eigenvalue weighted by atomic mass is 9.93. The first-order valence-corrected chi connectivity index (χ1v) is 6.50. The number of nitrogens with two attached hydrogens (primary N) is 1. The third-order valence-electron chi connectivity index (χ3n) is 3.74. The van der Waals surface area contributed by atoms with Gasteiger partial charge >= 0.3 is 0 Å². The van der Waals surface area contributed by atoms with Gasteiger partial charge in [0.05, 0.1) is 22.9 Å². The number of rotatable bonds is 3. The van der Waals surface area contributed by atoms with Crippen molar-refractivity contribution in [3.63, 3.8) is 0 Å². The number of carboxylic acid groups (broad SMARTS) is 1. The largest absolute Gasteiger partial charge is 0.872 e. The van der Waals surface area contributed by atoms with Crippen LogP contribution in [-0.2, 0) is 11.2 Å². The van der Waals surface area contributed by atoms with E-state index in [4.69, 9.17) is 0 Å². The molecule has 3 N–H and O–H groups in total. The summed E-state index contributed by atoms with van der Waals surface area (Å²) in [7, 11) is 0. The molecule has 0 spiro atoms. The molecule has 0 aliphatic carbocycles. The second-order valence-corrected chi connectivity index (χ2v) is 5.05. The molecular weight excluding hydrogens is 292 g/mol. The van der Waals surface area contributed by atoms with Gasteiger partial charge in [-0.1, -0.05) is 11.8 Å². The number of nitro benzene ring substituents is 1. The number of hydrogen-bond donors (Lipinski definition) is 2. The fraction of sp³-hybridized carbons (Fsp3) is 0.231. The first kappa shape index (κ1) is 14.0. The molecule has 0 saturated carbocycles. The fourth-order valence-corrected chi connectivity index (χ4v) is 2.68. The summed E-state index contributed by atoms with van der Waals surface area (Å²) in [4.78, 5) is 28.4. The number of nitro groups is 1. The van der Waals surface area contributed by atoms with Gasteiger partial charge in [0.25, 0.3) is 5.69 Å². The lowest BCUT2D eigenvalue weighted by molar-refractivity contribution is -0.717. The average molecular weight is 303 g/mol. The van der Waals surface area contributed by atoms with Crippen molar-refractivity contribution in [3.05, 3.63) is 51.6 Å².